The number of benzene rings is 1. The first-order valence-electron chi connectivity index (χ1n) is 3.85. The second-order valence-corrected chi connectivity index (χ2v) is 2.98. The highest BCUT2D eigenvalue weighted by Gasteiger charge is 2.35. The van der Waals surface area contributed by atoms with Crippen molar-refractivity contribution in [2.75, 3.05) is 0 Å². The van der Waals surface area contributed by atoms with Crippen molar-refractivity contribution >= 4 is 0 Å². The number of nitro groups is 1. The van der Waals surface area contributed by atoms with E-state index in [9.17, 15) is 10.1 Å². The minimum Gasteiger partial charge on any atom is -0.508 e. The molecule has 0 aliphatic heterocycles. The van der Waals surface area contributed by atoms with Crippen LogP contribution in [0.15, 0.2) is 24.3 Å². The maximum absolute atomic E-state index is 10.3. The van der Waals surface area contributed by atoms with Gasteiger partial charge < -0.3 is 10.2 Å². The van der Waals surface area contributed by atoms with E-state index in [-0.39, 0.29) is 12.2 Å². The van der Waals surface area contributed by atoms with Crippen molar-refractivity contribution in [2.45, 2.75) is 12.3 Å². The van der Waals surface area contributed by atoms with Gasteiger partial charge in [-0.1, -0.05) is 12.1 Å². The summed E-state index contributed by atoms with van der Waals surface area (Å²) in [5, 5.41) is 28.5. The number of rotatable bonds is 3. The highest BCUT2D eigenvalue weighted by molar-refractivity contribution is 5.27. The standard InChI is InChI=1S/C8H10N2O4/c9-8(12,10(13)14)5-6-2-1-3-7(11)4-6/h1-4,11-12H,5,9H2. The summed E-state index contributed by atoms with van der Waals surface area (Å²) in [6.07, 6.45) is -0.353. The molecule has 0 aromatic heterocycles. The zero-order valence-corrected chi connectivity index (χ0v) is 7.25. The minimum absolute atomic E-state index is 0.0263. The number of nitrogens with two attached hydrogens (primary N) is 1. The molecule has 0 heterocycles. The molecular weight excluding hydrogens is 188 g/mol. The topological polar surface area (TPSA) is 110 Å². The third-order valence-corrected chi connectivity index (χ3v) is 1.69. The van der Waals surface area contributed by atoms with E-state index in [1.165, 1.54) is 24.3 Å². The molecule has 1 unspecified atom stereocenters. The normalized spacial score (nSPS) is 14.7. The molecule has 0 bridgehead atoms. The maximum atomic E-state index is 10.3. The Bertz CT molecular complexity index is 351. The fourth-order valence-electron chi connectivity index (χ4n) is 1.03. The number of aliphatic hydroxyl groups is 1. The number of aromatic hydroxyl groups is 1. The fourth-order valence-corrected chi connectivity index (χ4v) is 1.03. The van der Waals surface area contributed by atoms with Crippen molar-refractivity contribution in [3.05, 3.63) is 39.9 Å². The fraction of sp³-hybridized carbons (Fsp3) is 0.250. The lowest BCUT2D eigenvalue weighted by atomic mass is 10.1. The second-order valence-electron chi connectivity index (χ2n) is 2.98. The van der Waals surface area contributed by atoms with E-state index < -0.39 is 10.8 Å². The van der Waals surface area contributed by atoms with E-state index in [0.717, 1.165) is 0 Å². The van der Waals surface area contributed by atoms with Gasteiger partial charge in [-0.25, -0.2) is 5.73 Å². The van der Waals surface area contributed by atoms with Gasteiger partial charge >= 0.3 is 5.85 Å². The summed E-state index contributed by atoms with van der Waals surface area (Å²) in [7, 11) is 0. The first-order chi connectivity index (χ1) is 6.42. The number of phenols is 1. The molecule has 76 valence electrons. The summed E-state index contributed by atoms with van der Waals surface area (Å²) in [6.45, 7) is 0. The van der Waals surface area contributed by atoms with Crippen molar-refractivity contribution in [2.24, 2.45) is 5.73 Å². The Morgan fingerprint density at radius 3 is 2.71 bits per heavy atom. The Morgan fingerprint density at radius 1 is 1.57 bits per heavy atom. The van der Waals surface area contributed by atoms with Gasteiger partial charge in [0, 0.05) is 0 Å². The van der Waals surface area contributed by atoms with Gasteiger partial charge in [-0.15, -0.1) is 0 Å². The Labute approximate surface area is 79.7 Å². The molecule has 0 saturated carbocycles. The number of hydrogen-bond acceptors (Lipinski definition) is 5. The molecule has 6 nitrogen and oxygen atoms in total. The minimum atomic E-state index is -2.49. The summed E-state index contributed by atoms with van der Waals surface area (Å²) in [4.78, 5) is 9.30. The smallest absolute Gasteiger partial charge is 0.385 e. The summed E-state index contributed by atoms with van der Waals surface area (Å²) in [5.41, 5.74) is 5.41. The van der Waals surface area contributed by atoms with Crippen molar-refractivity contribution in [3.8, 4) is 5.75 Å². The van der Waals surface area contributed by atoms with Crippen LogP contribution in [0.4, 0.5) is 0 Å². The average Bonchev–Trinajstić information content (AvgIpc) is 2.02. The molecule has 0 aliphatic rings. The lowest BCUT2D eigenvalue weighted by molar-refractivity contribution is -0.623. The zero-order chi connectivity index (χ0) is 10.8. The van der Waals surface area contributed by atoms with Crippen LogP contribution in [0.2, 0.25) is 0 Å². The largest absolute Gasteiger partial charge is 0.508 e. The van der Waals surface area contributed by atoms with Crippen molar-refractivity contribution < 1.29 is 15.1 Å². The molecule has 0 amide bonds. The van der Waals surface area contributed by atoms with Gasteiger partial charge in [-0.3, -0.25) is 10.1 Å². The summed E-state index contributed by atoms with van der Waals surface area (Å²) in [6, 6.07) is 5.77. The van der Waals surface area contributed by atoms with Crippen LogP contribution in [0.3, 0.4) is 0 Å². The molecule has 0 radical (unpaired) electrons. The third kappa shape index (κ3) is 2.41. The summed E-state index contributed by atoms with van der Waals surface area (Å²) < 4.78 is 0. The van der Waals surface area contributed by atoms with Gasteiger partial charge in [-0.05, 0) is 17.7 Å². The predicted molar refractivity (Wildman–Crippen MR) is 47.9 cm³/mol. The van der Waals surface area contributed by atoms with Crippen LogP contribution in [0.1, 0.15) is 5.56 Å². The molecule has 0 fully saturated rings. The van der Waals surface area contributed by atoms with Crippen LogP contribution in [0.25, 0.3) is 0 Å². The molecular formula is C8H10N2O4. The van der Waals surface area contributed by atoms with Gasteiger partial charge in [0.1, 0.15) is 5.75 Å². The maximum Gasteiger partial charge on any atom is 0.385 e. The lowest BCUT2D eigenvalue weighted by Crippen LogP contribution is -2.49. The lowest BCUT2D eigenvalue weighted by Gasteiger charge is -2.13. The van der Waals surface area contributed by atoms with Crippen LogP contribution >= 0.6 is 0 Å². The van der Waals surface area contributed by atoms with Gasteiger partial charge in [0.05, 0.1) is 11.3 Å². The second kappa shape index (κ2) is 3.60. The molecule has 1 atom stereocenters. The first kappa shape index (κ1) is 10.4. The Balaban J connectivity index is 2.83. The van der Waals surface area contributed by atoms with Gasteiger partial charge in [0.2, 0.25) is 0 Å². The van der Waals surface area contributed by atoms with Crippen molar-refractivity contribution in [1.82, 2.24) is 0 Å². The quantitative estimate of drug-likeness (QED) is 0.354. The number of hydrogen-bond donors (Lipinski definition) is 3. The van der Waals surface area contributed by atoms with E-state index in [2.05, 4.69) is 0 Å². The monoisotopic (exact) mass is 198 g/mol. The van der Waals surface area contributed by atoms with Gasteiger partial charge in [0.15, 0.2) is 0 Å². The summed E-state index contributed by atoms with van der Waals surface area (Å²) in [5.74, 6) is -2.52. The van der Waals surface area contributed by atoms with E-state index in [1.807, 2.05) is 0 Å². The van der Waals surface area contributed by atoms with E-state index in [4.69, 9.17) is 15.9 Å². The van der Waals surface area contributed by atoms with Crippen LogP contribution < -0.4 is 5.73 Å². The molecule has 4 N–H and O–H groups in total. The molecule has 1 aromatic carbocycles. The van der Waals surface area contributed by atoms with Crippen LogP contribution in [-0.4, -0.2) is 21.0 Å². The molecule has 0 spiro atoms. The van der Waals surface area contributed by atoms with Gasteiger partial charge in [-0.2, -0.15) is 0 Å². The highest BCUT2D eigenvalue weighted by atomic mass is 16.7. The van der Waals surface area contributed by atoms with Crippen LogP contribution in [-0.2, 0) is 6.42 Å². The molecule has 1 aromatic rings. The van der Waals surface area contributed by atoms with Crippen molar-refractivity contribution in [1.29, 1.82) is 0 Å². The average molecular weight is 198 g/mol. The molecule has 0 aliphatic carbocycles. The number of phenolic OH excluding ortho intramolecular Hbond substituents is 1. The van der Waals surface area contributed by atoms with Crippen LogP contribution in [0.5, 0.6) is 5.75 Å². The molecule has 0 saturated heterocycles. The van der Waals surface area contributed by atoms with E-state index in [1.54, 1.807) is 0 Å². The Hall–Kier alpha value is -1.66. The first-order valence-corrected chi connectivity index (χ1v) is 3.85. The third-order valence-electron chi connectivity index (χ3n) is 1.69. The van der Waals surface area contributed by atoms with Crippen molar-refractivity contribution in [3.63, 3.8) is 0 Å². The van der Waals surface area contributed by atoms with Gasteiger partial charge in [0.25, 0.3) is 0 Å². The Morgan fingerprint density at radius 2 is 2.21 bits per heavy atom. The zero-order valence-electron chi connectivity index (χ0n) is 7.25. The van der Waals surface area contributed by atoms with Crippen LogP contribution in [0, 0.1) is 10.1 Å². The molecule has 6 heteroatoms. The van der Waals surface area contributed by atoms with E-state index >= 15 is 0 Å². The van der Waals surface area contributed by atoms with E-state index in [0.29, 0.717) is 5.56 Å². The molecule has 1 rings (SSSR count). The predicted octanol–water partition coefficient (Wildman–Crippen LogP) is -0.184. The highest BCUT2D eigenvalue weighted by Crippen LogP contribution is 2.14. The molecule has 14 heavy (non-hydrogen) atoms. The SMILES string of the molecule is NC(O)(Cc1cccc(O)c1)[N+](=O)[O-]. The summed E-state index contributed by atoms with van der Waals surface area (Å²) >= 11 is 0. The number of nitrogens with zero attached hydrogens (tertiary/aromatic N) is 1. The Kier molecular flexibility index (Phi) is 2.68.